The fourth-order valence-corrected chi connectivity index (χ4v) is 2.39. The molecule has 1 aromatic carbocycles. The van der Waals surface area contributed by atoms with Gasteiger partial charge in [-0.3, -0.25) is 0 Å². The van der Waals surface area contributed by atoms with Gasteiger partial charge in [0.1, 0.15) is 5.82 Å². The fourth-order valence-electron chi connectivity index (χ4n) is 2.39. The molecule has 2 nitrogen and oxygen atoms in total. The summed E-state index contributed by atoms with van der Waals surface area (Å²) >= 11 is 0. The van der Waals surface area contributed by atoms with Gasteiger partial charge in [-0.05, 0) is 36.6 Å². The van der Waals surface area contributed by atoms with Crippen LogP contribution in [0.1, 0.15) is 23.7 Å². The van der Waals surface area contributed by atoms with E-state index in [0.717, 1.165) is 24.1 Å². The largest absolute Gasteiger partial charge is 0.372 e. The molecule has 0 bridgehead atoms. The summed E-state index contributed by atoms with van der Waals surface area (Å²) in [6.07, 6.45) is 1.88. The van der Waals surface area contributed by atoms with Crippen molar-refractivity contribution in [3.63, 3.8) is 0 Å². The molecule has 0 radical (unpaired) electrons. The van der Waals surface area contributed by atoms with Crippen molar-refractivity contribution in [1.29, 1.82) is 0 Å². The number of fused-ring (bicyclic) bond motifs is 1. The first-order chi connectivity index (χ1) is 7.36. The highest BCUT2D eigenvalue weighted by Gasteiger charge is 2.33. The molecule has 1 aromatic rings. The molecule has 1 saturated heterocycles. The van der Waals surface area contributed by atoms with E-state index in [1.807, 2.05) is 6.07 Å². The molecule has 0 aliphatic carbocycles. The highest BCUT2D eigenvalue weighted by atomic mass is 19.1. The molecule has 2 atom stereocenters. The van der Waals surface area contributed by atoms with Crippen molar-refractivity contribution in [1.82, 2.24) is 5.32 Å². The summed E-state index contributed by atoms with van der Waals surface area (Å²) < 4.78 is 19.3. The predicted octanol–water partition coefficient (Wildman–Crippen LogP) is 1.80. The van der Waals surface area contributed by atoms with Gasteiger partial charge < -0.3 is 10.1 Å². The lowest BCUT2D eigenvalue weighted by atomic mass is 9.89. The Hall–Kier alpha value is -0.930. The molecular formula is C12H14FNO. The first-order valence-corrected chi connectivity index (χ1v) is 5.48. The van der Waals surface area contributed by atoms with Gasteiger partial charge in [0.25, 0.3) is 0 Å². The van der Waals surface area contributed by atoms with Crippen molar-refractivity contribution in [2.45, 2.75) is 25.0 Å². The van der Waals surface area contributed by atoms with Gasteiger partial charge in [-0.15, -0.1) is 0 Å². The van der Waals surface area contributed by atoms with E-state index in [0.29, 0.717) is 19.1 Å². The summed E-state index contributed by atoms with van der Waals surface area (Å²) in [5.41, 5.74) is 1.89. The van der Waals surface area contributed by atoms with Crippen LogP contribution in [0.25, 0.3) is 0 Å². The zero-order valence-electron chi connectivity index (χ0n) is 8.50. The van der Waals surface area contributed by atoms with Crippen LogP contribution in [0.4, 0.5) is 4.39 Å². The average Bonchev–Trinajstić information content (AvgIpc) is 2.17. The molecule has 1 fully saturated rings. The molecule has 80 valence electrons. The molecule has 0 amide bonds. The normalized spacial score (nSPS) is 29.4. The lowest BCUT2D eigenvalue weighted by molar-refractivity contribution is -0.00230. The van der Waals surface area contributed by atoms with E-state index >= 15 is 0 Å². The van der Waals surface area contributed by atoms with Crippen molar-refractivity contribution < 1.29 is 9.13 Å². The molecule has 15 heavy (non-hydrogen) atoms. The smallest absolute Gasteiger partial charge is 0.126 e. The maximum atomic E-state index is 13.6. The molecular weight excluding hydrogens is 193 g/mol. The summed E-state index contributed by atoms with van der Waals surface area (Å²) in [4.78, 5) is 0. The van der Waals surface area contributed by atoms with Crippen molar-refractivity contribution in [2.24, 2.45) is 0 Å². The topological polar surface area (TPSA) is 21.3 Å². The van der Waals surface area contributed by atoms with Gasteiger partial charge in [0.2, 0.25) is 0 Å². The quantitative estimate of drug-likeness (QED) is 0.758. The molecule has 2 aliphatic heterocycles. The Morgan fingerprint density at radius 2 is 2.27 bits per heavy atom. The number of hydrogen-bond donors (Lipinski definition) is 1. The minimum absolute atomic E-state index is 0.0539. The third-order valence-electron chi connectivity index (χ3n) is 3.34. The molecule has 0 saturated carbocycles. The maximum Gasteiger partial charge on any atom is 0.126 e. The standard InChI is InChI=1S/C12H14FNO/c13-10-3-1-2-9-8(10)5-7-15-12(9)11-4-6-14-11/h1-3,11-12,14H,4-7H2/t11?,12-/m0/s1. The Labute approximate surface area is 88.4 Å². The SMILES string of the molecule is Fc1cccc2c1CCO[C@@H]2C1CCN1. The second-order valence-corrected chi connectivity index (χ2v) is 4.20. The van der Waals surface area contributed by atoms with Crippen LogP contribution >= 0.6 is 0 Å². The van der Waals surface area contributed by atoms with E-state index in [4.69, 9.17) is 4.74 Å². The van der Waals surface area contributed by atoms with Crippen LogP contribution in [0.3, 0.4) is 0 Å². The van der Waals surface area contributed by atoms with Crippen molar-refractivity contribution in [3.8, 4) is 0 Å². The van der Waals surface area contributed by atoms with E-state index in [-0.39, 0.29) is 11.9 Å². The zero-order chi connectivity index (χ0) is 10.3. The average molecular weight is 207 g/mol. The van der Waals surface area contributed by atoms with Crippen LogP contribution < -0.4 is 5.32 Å². The first kappa shape index (κ1) is 9.31. The molecule has 0 aromatic heterocycles. The number of nitrogens with one attached hydrogen (secondary N) is 1. The third kappa shape index (κ3) is 1.46. The third-order valence-corrected chi connectivity index (χ3v) is 3.34. The Kier molecular flexibility index (Phi) is 2.22. The number of rotatable bonds is 1. The minimum atomic E-state index is -0.0832. The van der Waals surface area contributed by atoms with E-state index in [1.165, 1.54) is 6.07 Å². The molecule has 2 aliphatic rings. The summed E-state index contributed by atoms with van der Waals surface area (Å²) in [6.45, 7) is 1.69. The molecule has 3 heteroatoms. The highest BCUT2D eigenvalue weighted by Crippen LogP contribution is 2.33. The second-order valence-electron chi connectivity index (χ2n) is 4.20. The summed E-state index contributed by atoms with van der Waals surface area (Å²) in [5, 5.41) is 3.33. The van der Waals surface area contributed by atoms with Crippen molar-refractivity contribution >= 4 is 0 Å². The second kappa shape index (κ2) is 3.58. The van der Waals surface area contributed by atoms with Crippen LogP contribution in [-0.4, -0.2) is 19.2 Å². The van der Waals surface area contributed by atoms with E-state index in [2.05, 4.69) is 5.32 Å². The molecule has 2 heterocycles. The molecule has 0 spiro atoms. The van der Waals surface area contributed by atoms with E-state index in [9.17, 15) is 4.39 Å². The Balaban J connectivity index is 1.98. The van der Waals surface area contributed by atoms with Crippen molar-refractivity contribution in [3.05, 3.63) is 35.1 Å². The van der Waals surface area contributed by atoms with E-state index in [1.54, 1.807) is 6.07 Å². The number of halogens is 1. The summed E-state index contributed by atoms with van der Waals surface area (Å²) in [5.74, 6) is -0.0832. The maximum absolute atomic E-state index is 13.6. The first-order valence-electron chi connectivity index (χ1n) is 5.48. The van der Waals surface area contributed by atoms with Gasteiger partial charge in [-0.25, -0.2) is 4.39 Å². The molecule has 1 N–H and O–H groups in total. The molecule has 1 unspecified atom stereocenters. The minimum Gasteiger partial charge on any atom is -0.372 e. The van der Waals surface area contributed by atoms with Crippen LogP contribution in [0, 0.1) is 5.82 Å². The van der Waals surface area contributed by atoms with Crippen LogP contribution in [0.5, 0.6) is 0 Å². The Bertz CT molecular complexity index is 376. The zero-order valence-corrected chi connectivity index (χ0v) is 8.50. The number of hydrogen-bond acceptors (Lipinski definition) is 2. The predicted molar refractivity (Wildman–Crippen MR) is 55.2 cm³/mol. The number of benzene rings is 1. The number of ether oxygens (including phenoxy) is 1. The van der Waals surface area contributed by atoms with Gasteiger partial charge in [-0.2, -0.15) is 0 Å². The van der Waals surface area contributed by atoms with Crippen LogP contribution in [0.2, 0.25) is 0 Å². The van der Waals surface area contributed by atoms with Gasteiger partial charge in [0.15, 0.2) is 0 Å². The monoisotopic (exact) mass is 207 g/mol. The van der Waals surface area contributed by atoms with Gasteiger partial charge in [0.05, 0.1) is 12.7 Å². The van der Waals surface area contributed by atoms with Gasteiger partial charge in [-0.1, -0.05) is 12.1 Å². The van der Waals surface area contributed by atoms with Gasteiger partial charge in [0, 0.05) is 6.04 Å². The molecule has 3 rings (SSSR count). The van der Waals surface area contributed by atoms with Crippen LogP contribution in [-0.2, 0) is 11.2 Å². The summed E-state index contributed by atoms with van der Waals surface area (Å²) in [7, 11) is 0. The van der Waals surface area contributed by atoms with Gasteiger partial charge >= 0.3 is 0 Å². The Morgan fingerprint density at radius 3 is 3.00 bits per heavy atom. The highest BCUT2D eigenvalue weighted by molar-refractivity contribution is 5.33. The lowest BCUT2D eigenvalue weighted by Crippen LogP contribution is -2.48. The van der Waals surface area contributed by atoms with Crippen molar-refractivity contribution in [2.75, 3.05) is 13.2 Å². The van der Waals surface area contributed by atoms with Crippen LogP contribution in [0.15, 0.2) is 18.2 Å². The lowest BCUT2D eigenvalue weighted by Gasteiger charge is -2.38. The Morgan fingerprint density at radius 1 is 1.40 bits per heavy atom. The summed E-state index contributed by atoms with van der Waals surface area (Å²) in [6, 6.07) is 5.68. The van der Waals surface area contributed by atoms with E-state index < -0.39 is 0 Å². The fraction of sp³-hybridized carbons (Fsp3) is 0.500.